The Labute approximate surface area is 217 Å². The van der Waals surface area contributed by atoms with Gasteiger partial charge in [-0.05, 0) is 64.9 Å². The Morgan fingerprint density at radius 2 is 1.95 bits per heavy atom. The number of methoxy groups -OCH3 is 1. The summed E-state index contributed by atoms with van der Waals surface area (Å²) in [5.41, 5.74) is 6.87. The Kier molecular flexibility index (Phi) is 5.51. The average molecular weight is 498 g/mol. The molecule has 0 spiro atoms. The Morgan fingerprint density at radius 3 is 2.68 bits per heavy atom. The number of aromatic nitrogens is 5. The lowest BCUT2D eigenvalue weighted by Crippen LogP contribution is -2.50. The van der Waals surface area contributed by atoms with E-state index in [1.54, 1.807) is 11.0 Å². The van der Waals surface area contributed by atoms with Crippen LogP contribution in [0.3, 0.4) is 0 Å². The molecule has 0 amide bonds. The van der Waals surface area contributed by atoms with Gasteiger partial charge in [0, 0.05) is 34.3 Å². The molecule has 7 nitrogen and oxygen atoms in total. The fraction of sp³-hybridized carbons (Fsp3) is 0.467. The van der Waals surface area contributed by atoms with Crippen molar-refractivity contribution in [1.82, 2.24) is 24.8 Å². The van der Waals surface area contributed by atoms with Crippen molar-refractivity contribution in [3.05, 3.63) is 65.5 Å². The molecular weight excluding hydrogens is 462 g/mol. The molecule has 0 aliphatic heterocycles. The van der Waals surface area contributed by atoms with Gasteiger partial charge in [0.1, 0.15) is 6.33 Å². The molecule has 2 aromatic carbocycles. The van der Waals surface area contributed by atoms with Gasteiger partial charge in [-0.2, -0.15) is 0 Å². The van der Waals surface area contributed by atoms with Crippen LogP contribution in [0.15, 0.2) is 48.8 Å². The zero-order valence-corrected chi connectivity index (χ0v) is 22.4. The number of nitrogens with zero attached hydrogens (tertiary/aromatic N) is 5. The molecule has 2 aliphatic carbocycles. The van der Waals surface area contributed by atoms with E-state index in [1.807, 2.05) is 0 Å². The monoisotopic (exact) mass is 497 g/mol. The van der Waals surface area contributed by atoms with E-state index in [-0.39, 0.29) is 17.3 Å². The van der Waals surface area contributed by atoms with E-state index < -0.39 is 5.41 Å². The lowest BCUT2D eigenvalue weighted by molar-refractivity contribution is -0.157. The lowest BCUT2D eigenvalue weighted by Gasteiger charge is -2.54. The first-order valence-corrected chi connectivity index (χ1v) is 13.3. The predicted molar refractivity (Wildman–Crippen MR) is 143 cm³/mol. The molecule has 6 rings (SSSR count). The second kappa shape index (κ2) is 8.54. The number of aryl methyl sites for hydroxylation is 2. The van der Waals surface area contributed by atoms with Gasteiger partial charge in [0.05, 0.1) is 24.8 Å². The molecule has 1 unspecified atom stereocenters. The van der Waals surface area contributed by atoms with Gasteiger partial charge in [-0.25, -0.2) is 4.68 Å². The molecule has 192 valence electrons. The van der Waals surface area contributed by atoms with Crippen LogP contribution in [0.5, 0.6) is 0 Å². The van der Waals surface area contributed by atoms with Gasteiger partial charge in [-0.3, -0.25) is 4.79 Å². The third kappa shape index (κ3) is 3.39. The van der Waals surface area contributed by atoms with Crippen LogP contribution >= 0.6 is 0 Å². The van der Waals surface area contributed by atoms with Crippen molar-refractivity contribution in [2.75, 3.05) is 7.11 Å². The van der Waals surface area contributed by atoms with Crippen LogP contribution in [0.25, 0.3) is 22.2 Å². The number of fused-ring (bicyclic) bond motifs is 8. The second-order valence-corrected chi connectivity index (χ2v) is 11.6. The summed E-state index contributed by atoms with van der Waals surface area (Å²) >= 11 is 0. The van der Waals surface area contributed by atoms with E-state index in [9.17, 15) is 4.79 Å². The highest BCUT2D eigenvalue weighted by Gasteiger charge is 2.58. The standard InChI is InChI=1S/C30H35N5O2/c1-19(2)20-11-12-23-22(17-20)26-25(27-29(23,3)13-8-14-30(27,4)28(36)37-5)21-9-6-7-10-24(21)35(26)16-15-34-18-31-32-33-34/h6-7,9-12,17-19,27H,8,13-16H2,1-5H3/t27?,29-,30-/m1/s1. The van der Waals surface area contributed by atoms with Crippen molar-refractivity contribution >= 4 is 16.9 Å². The SMILES string of the molecule is COC(=O)[C@]1(C)CCC[C@]2(C)c3ccc(C(C)C)cc3-c3c(c4ccccc4n3CCn3cnnn3)C12. The molecular formula is C30H35N5O2. The van der Waals surface area contributed by atoms with Crippen LogP contribution in [0.4, 0.5) is 0 Å². The van der Waals surface area contributed by atoms with Crippen molar-refractivity contribution in [2.24, 2.45) is 5.41 Å². The fourth-order valence-corrected chi connectivity index (χ4v) is 7.44. The minimum Gasteiger partial charge on any atom is -0.469 e. The van der Waals surface area contributed by atoms with E-state index >= 15 is 0 Å². The number of carbonyl (C=O) groups is 1. The summed E-state index contributed by atoms with van der Waals surface area (Å²) in [5, 5.41) is 13.0. The smallest absolute Gasteiger partial charge is 0.312 e. The van der Waals surface area contributed by atoms with E-state index in [4.69, 9.17) is 4.74 Å². The molecule has 0 radical (unpaired) electrons. The van der Waals surface area contributed by atoms with Crippen molar-refractivity contribution < 1.29 is 9.53 Å². The van der Waals surface area contributed by atoms with Crippen LogP contribution in [-0.2, 0) is 28.0 Å². The number of ether oxygens (including phenoxy) is 1. The summed E-state index contributed by atoms with van der Waals surface area (Å²) < 4.78 is 9.69. The molecule has 2 aliphatic rings. The van der Waals surface area contributed by atoms with E-state index in [0.717, 1.165) is 25.8 Å². The Bertz CT molecular complexity index is 1490. The summed E-state index contributed by atoms with van der Waals surface area (Å²) in [6.45, 7) is 10.4. The number of carbonyl (C=O) groups excluding carboxylic acids is 1. The maximum atomic E-state index is 13.5. The van der Waals surface area contributed by atoms with Gasteiger partial charge >= 0.3 is 5.97 Å². The molecule has 1 fully saturated rings. The Morgan fingerprint density at radius 1 is 1.14 bits per heavy atom. The van der Waals surface area contributed by atoms with Gasteiger partial charge in [-0.1, -0.05) is 57.5 Å². The summed E-state index contributed by atoms with van der Waals surface area (Å²) in [5.74, 6) is 0.319. The minimum absolute atomic E-state index is 0.00721. The number of tetrazole rings is 1. The minimum atomic E-state index is -0.615. The summed E-state index contributed by atoms with van der Waals surface area (Å²) in [6, 6.07) is 15.7. The maximum Gasteiger partial charge on any atom is 0.312 e. The molecule has 1 saturated carbocycles. The number of rotatable bonds is 5. The number of esters is 1. The van der Waals surface area contributed by atoms with E-state index in [1.165, 1.54) is 46.0 Å². The first kappa shape index (κ1) is 23.9. The lowest BCUT2D eigenvalue weighted by atomic mass is 9.49. The summed E-state index contributed by atoms with van der Waals surface area (Å²) in [4.78, 5) is 13.5. The molecule has 0 N–H and O–H groups in total. The highest BCUT2D eigenvalue weighted by Crippen LogP contribution is 2.65. The topological polar surface area (TPSA) is 74.8 Å². The van der Waals surface area contributed by atoms with Crippen LogP contribution < -0.4 is 0 Å². The number of para-hydroxylation sites is 1. The Balaban J connectivity index is 1.69. The Hall–Kier alpha value is -3.48. The zero-order chi connectivity index (χ0) is 25.9. The van der Waals surface area contributed by atoms with Crippen LogP contribution in [-0.4, -0.2) is 37.9 Å². The van der Waals surface area contributed by atoms with Crippen LogP contribution in [0, 0.1) is 5.41 Å². The first-order chi connectivity index (χ1) is 17.8. The van der Waals surface area contributed by atoms with Gasteiger partial charge < -0.3 is 9.30 Å². The summed E-state index contributed by atoms with van der Waals surface area (Å²) in [6.07, 6.45) is 4.53. The third-order valence-electron chi connectivity index (χ3n) is 9.14. The molecule has 4 aromatic rings. The van der Waals surface area contributed by atoms with Gasteiger partial charge in [0.2, 0.25) is 0 Å². The second-order valence-electron chi connectivity index (χ2n) is 11.6. The molecule has 37 heavy (non-hydrogen) atoms. The average Bonchev–Trinajstić information content (AvgIpc) is 3.53. The third-order valence-corrected chi connectivity index (χ3v) is 9.14. The molecule has 0 saturated heterocycles. The number of benzene rings is 2. The maximum absolute atomic E-state index is 13.5. The van der Waals surface area contributed by atoms with Crippen molar-refractivity contribution in [2.45, 2.75) is 77.3 Å². The van der Waals surface area contributed by atoms with Gasteiger partial charge in [-0.15, -0.1) is 5.10 Å². The molecule has 2 heterocycles. The molecule has 7 heteroatoms. The normalized spacial score (nSPS) is 24.5. The molecule has 3 atom stereocenters. The zero-order valence-electron chi connectivity index (χ0n) is 22.4. The molecule has 0 bridgehead atoms. The quantitative estimate of drug-likeness (QED) is 0.324. The number of hydrogen-bond donors (Lipinski definition) is 0. The van der Waals surface area contributed by atoms with Crippen LogP contribution in [0.1, 0.15) is 75.5 Å². The van der Waals surface area contributed by atoms with Crippen molar-refractivity contribution in [3.8, 4) is 11.3 Å². The van der Waals surface area contributed by atoms with E-state index in [2.05, 4.69) is 90.3 Å². The first-order valence-electron chi connectivity index (χ1n) is 13.3. The van der Waals surface area contributed by atoms with Crippen molar-refractivity contribution in [1.29, 1.82) is 0 Å². The highest BCUT2D eigenvalue weighted by molar-refractivity contribution is 5.96. The number of hydrogen-bond acceptors (Lipinski definition) is 5. The van der Waals surface area contributed by atoms with Gasteiger partial charge in [0.25, 0.3) is 0 Å². The summed E-state index contributed by atoms with van der Waals surface area (Å²) in [7, 11) is 1.53. The fourth-order valence-electron chi connectivity index (χ4n) is 7.44. The largest absolute Gasteiger partial charge is 0.469 e. The molecule has 2 aromatic heterocycles. The van der Waals surface area contributed by atoms with Crippen LogP contribution in [0.2, 0.25) is 0 Å². The van der Waals surface area contributed by atoms with E-state index in [0.29, 0.717) is 12.5 Å². The highest BCUT2D eigenvalue weighted by atomic mass is 16.5. The predicted octanol–water partition coefficient (Wildman–Crippen LogP) is 5.84. The van der Waals surface area contributed by atoms with Crippen molar-refractivity contribution in [3.63, 3.8) is 0 Å². The van der Waals surface area contributed by atoms with Gasteiger partial charge in [0.15, 0.2) is 0 Å².